The maximum Gasteiger partial charge on any atom is 0.290 e. The Morgan fingerprint density at radius 2 is 1.78 bits per heavy atom. The SMILES string of the molecule is O=C(c1ccc(CS(=O)(=O)c2ccccc2)o1)N(Cc1ccco1)C1CC1. The van der Waals surface area contributed by atoms with Crippen molar-refractivity contribution in [3.05, 3.63) is 78.1 Å². The molecular formula is C20H19NO5S. The zero-order chi connectivity index (χ0) is 18.9. The molecule has 2 aromatic heterocycles. The number of benzene rings is 1. The Morgan fingerprint density at radius 3 is 2.44 bits per heavy atom. The molecule has 0 unspecified atom stereocenters. The first-order chi connectivity index (χ1) is 13.0. The first-order valence-corrected chi connectivity index (χ1v) is 10.4. The summed E-state index contributed by atoms with van der Waals surface area (Å²) < 4.78 is 35.9. The summed E-state index contributed by atoms with van der Waals surface area (Å²) in [5.41, 5.74) is 0. The average molecular weight is 385 g/mol. The number of nitrogens with zero attached hydrogens (tertiary/aromatic N) is 1. The van der Waals surface area contributed by atoms with Crippen molar-refractivity contribution in [2.45, 2.75) is 36.1 Å². The van der Waals surface area contributed by atoms with Crippen molar-refractivity contribution in [2.24, 2.45) is 0 Å². The molecule has 1 aliphatic carbocycles. The molecule has 1 saturated carbocycles. The molecule has 0 aliphatic heterocycles. The van der Waals surface area contributed by atoms with Gasteiger partial charge >= 0.3 is 0 Å². The topological polar surface area (TPSA) is 80.7 Å². The zero-order valence-electron chi connectivity index (χ0n) is 14.6. The van der Waals surface area contributed by atoms with E-state index >= 15 is 0 Å². The van der Waals surface area contributed by atoms with Gasteiger partial charge in [-0.2, -0.15) is 0 Å². The van der Waals surface area contributed by atoms with Crippen LogP contribution in [0.4, 0.5) is 0 Å². The molecule has 1 aliphatic rings. The average Bonchev–Trinajstić information content (AvgIpc) is 3.17. The highest BCUT2D eigenvalue weighted by atomic mass is 32.2. The highest BCUT2D eigenvalue weighted by molar-refractivity contribution is 7.90. The Hall–Kier alpha value is -2.80. The number of hydrogen-bond acceptors (Lipinski definition) is 5. The van der Waals surface area contributed by atoms with Crippen molar-refractivity contribution in [1.82, 2.24) is 4.90 Å². The highest BCUT2D eigenvalue weighted by Gasteiger charge is 2.35. The van der Waals surface area contributed by atoms with Crippen LogP contribution >= 0.6 is 0 Å². The minimum Gasteiger partial charge on any atom is -0.467 e. The Kier molecular flexibility index (Phi) is 4.61. The lowest BCUT2D eigenvalue weighted by molar-refractivity contribution is 0.0683. The van der Waals surface area contributed by atoms with Crippen molar-refractivity contribution in [1.29, 1.82) is 0 Å². The van der Waals surface area contributed by atoms with Crippen LogP contribution in [0.1, 0.15) is 34.9 Å². The number of amides is 1. The minimum atomic E-state index is -3.52. The van der Waals surface area contributed by atoms with E-state index in [2.05, 4.69) is 0 Å². The third kappa shape index (κ3) is 3.98. The third-order valence-electron chi connectivity index (χ3n) is 4.46. The molecule has 1 aromatic carbocycles. The monoisotopic (exact) mass is 385 g/mol. The number of furan rings is 2. The smallest absolute Gasteiger partial charge is 0.290 e. The standard InChI is InChI=1S/C20H19NO5S/c22-20(21(15-8-9-15)13-16-5-4-12-25-16)19-11-10-17(26-19)14-27(23,24)18-6-2-1-3-7-18/h1-7,10-12,15H,8-9,13-14H2. The fourth-order valence-electron chi connectivity index (χ4n) is 2.93. The summed E-state index contributed by atoms with van der Waals surface area (Å²) in [5, 5.41) is 0. The predicted molar refractivity (Wildman–Crippen MR) is 97.6 cm³/mol. The van der Waals surface area contributed by atoms with Gasteiger partial charge in [0, 0.05) is 6.04 Å². The van der Waals surface area contributed by atoms with E-state index in [1.807, 2.05) is 6.07 Å². The van der Waals surface area contributed by atoms with Gasteiger partial charge in [-0.25, -0.2) is 8.42 Å². The lowest BCUT2D eigenvalue weighted by Crippen LogP contribution is -2.32. The second kappa shape index (κ2) is 7.08. The molecule has 7 heteroatoms. The van der Waals surface area contributed by atoms with Gasteiger partial charge in [-0.3, -0.25) is 4.79 Å². The molecule has 1 fully saturated rings. The molecule has 140 valence electrons. The van der Waals surface area contributed by atoms with Crippen LogP contribution in [0.25, 0.3) is 0 Å². The van der Waals surface area contributed by atoms with Crippen LogP contribution < -0.4 is 0 Å². The number of carbonyl (C=O) groups is 1. The molecule has 27 heavy (non-hydrogen) atoms. The van der Waals surface area contributed by atoms with Crippen LogP contribution in [-0.4, -0.2) is 25.3 Å². The summed E-state index contributed by atoms with van der Waals surface area (Å²) in [4.78, 5) is 14.8. The van der Waals surface area contributed by atoms with Crippen LogP contribution in [-0.2, 0) is 22.1 Å². The zero-order valence-corrected chi connectivity index (χ0v) is 15.4. The number of hydrogen-bond donors (Lipinski definition) is 0. The summed E-state index contributed by atoms with van der Waals surface area (Å²) in [5.74, 6) is 0.555. The quantitative estimate of drug-likeness (QED) is 0.620. The molecule has 1 amide bonds. The van der Waals surface area contributed by atoms with Crippen molar-refractivity contribution in [3.8, 4) is 0 Å². The van der Waals surface area contributed by atoms with Gasteiger partial charge in [0.05, 0.1) is 17.7 Å². The molecule has 2 heterocycles. The van der Waals surface area contributed by atoms with E-state index in [0.717, 1.165) is 12.8 Å². The van der Waals surface area contributed by atoms with E-state index in [9.17, 15) is 13.2 Å². The van der Waals surface area contributed by atoms with Crippen LogP contribution in [0.2, 0.25) is 0 Å². The second-order valence-electron chi connectivity index (χ2n) is 6.58. The molecular weight excluding hydrogens is 366 g/mol. The fourth-order valence-corrected chi connectivity index (χ4v) is 4.20. The van der Waals surface area contributed by atoms with Crippen LogP contribution in [0.3, 0.4) is 0 Å². The van der Waals surface area contributed by atoms with Gasteiger partial charge in [0.2, 0.25) is 0 Å². The molecule has 3 aromatic rings. The summed E-state index contributed by atoms with van der Waals surface area (Å²) in [6.07, 6.45) is 3.47. The van der Waals surface area contributed by atoms with Gasteiger partial charge in [0.15, 0.2) is 15.6 Å². The maximum absolute atomic E-state index is 12.8. The minimum absolute atomic E-state index is 0.145. The van der Waals surface area contributed by atoms with Crippen molar-refractivity contribution in [2.75, 3.05) is 0 Å². The van der Waals surface area contributed by atoms with E-state index < -0.39 is 9.84 Å². The molecule has 6 nitrogen and oxygen atoms in total. The number of sulfone groups is 1. The van der Waals surface area contributed by atoms with Crippen LogP contribution in [0.5, 0.6) is 0 Å². The summed E-state index contributed by atoms with van der Waals surface area (Å²) >= 11 is 0. The van der Waals surface area contributed by atoms with E-state index in [4.69, 9.17) is 8.83 Å². The van der Waals surface area contributed by atoms with Crippen LogP contribution in [0.15, 0.2) is 74.6 Å². The number of carbonyl (C=O) groups excluding carboxylic acids is 1. The maximum atomic E-state index is 12.8. The Morgan fingerprint density at radius 1 is 1.00 bits per heavy atom. The lowest BCUT2D eigenvalue weighted by Gasteiger charge is -2.19. The Labute approximate surface area is 157 Å². The molecule has 4 rings (SSSR count). The molecule has 0 N–H and O–H groups in total. The van der Waals surface area contributed by atoms with Crippen molar-refractivity contribution >= 4 is 15.7 Å². The highest BCUT2D eigenvalue weighted by Crippen LogP contribution is 2.30. The Bertz CT molecular complexity index is 1020. The van der Waals surface area contributed by atoms with Gasteiger partial charge in [-0.15, -0.1) is 0 Å². The Balaban J connectivity index is 1.50. The van der Waals surface area contributed by atoms with Crippen molar-refractivity contribution in [3.63, 3.8) is 0 Å². The fraction of sp³-hybridized carbons (Fsp3) is 0.250. The first kappa shape index (κ1) is 17.6. The number of rotatable bonds is 7. The van der Waals surface area contributed by atoms with Gasteiger partial charge in [0.25, 0.3) is 5.91 Å². The van der Waals surface area contributed by atoms with E-state index in [1.165, 1.54) is 6.07 Å². The van der Waals surface area contributed by atoms with Gasteiger partial charge < -0.3 is 13.7 Å². The van der Waals surface area contributed by atoms with Gasteiger partial charge in [-0.05, 0) is 49.2 Å². The summed E-state index contributed by atoms with van der Waals surface area (Å²) in [6.45, 7) is 0.370. The summed E-state index contributed by atoms with van der Waals surface area (Å²) in [7, 11) is -3.52. The normalized spacial score (nSPS) is 14.2. The van der Waals surface area contributed by atoms with E-state index in [-0.39, 0.29) is 34.1 Å². The lowest BCUT2D eigenvalue weighted by atomic mass is 10.3. The van der Waals surface area contributed by atoms with Gasteiger partial charge in [0.1, 0.15) is 17.3 Å². The molecule has 0 radical (unpaired) electrons. The van der Waals surface area contributed by atoms with E-state index in [1.54, 1.807) is 53.6 Å². The van der Waals surface area contributed by atoms with Gasteiger partial charge in [-0.1, -0.05) is 18.2 Å². The molecule has 0 bridgehead atoms. The largest absolute Gasteiger partial charge is 0.467 e. The van der Waals surface area contributed by atoms with Crippen molar-refractivity contribution < 1.29 is 22.0 Å². The second-order valence-corrected chi connectivity index (χ2v) is 8.57. The molecule has 0 spiro atoms. The first-order valence-electron chi connectivity index (χ1n) is 8.73. The molecule has 0 saturated heterocycles. The third-order valence-corrected chi connectivity index (χ3v) is 6.12. The molecule has 0 atom stereocenters. The van der Waals surface area contributed by atoms with Crippen LogP contribution in [0, 0.1) is 0 Å². The summed E-state index contributed by atoms with van der Waals surface area (Å²) in [6, 6.07) is 15.1. The van der Waals surface area contributed by atoms with E-state index in [0.29, 0.717) is 12.3 Å². The predicted octanol–water partition coefficient (Wildman–Crippen LogP) is 3.65.